The van der Waals surface area contributed by atoms with Gasteiger partial charge in [-0.25, -0.2) is 0 Å². The van der Waals surface area contributed by atoms with Gasteiger partial charge in [-0.05, 0) is 49.4 Å². The van der Waals surface area contributed by atoms with Crippen LogP contribution in [-0.4, -0.2) is 56.6 Å². The predicted octanol–water partition coefficient (Wildman–Crippen LogP) is 2.87. The van der Waals surface area contributed by atoms with Crippen LogP contribution in [0.3, 0.4) is 0 Å². The normalized spacial score (nSPS) is 16.7. The molecule has 2 amide bonds. The molecular weight excluding hydrogens is 342 g/mol. The maximum atomic E-state index is 12.6. The van der Waals surface area contributed by atoms with E-state index in [-0.39, 0.29) is 17.9 Å². The quantitative estimate of drug-likeness (QED) is 0.903. The first-order valence-corrected chi connectivity index (χ1v) is 9.04. The number of rotatable bonds is 4. The lowest BCUT2D eigenvalue weighted by molar-refractivity contribution is -0.0124. The summed E-state index contributed by atoms with van der Waals surface area (Å²) in [6.45, 7) is 3.72. The smallest absolute Gasteiger partial charge is 0.255 e. The molecule has 142 valence electrons. The van der Waals surface area contributed by atoms with E-state index in [1.165, 1.54) is 0 Å². The van der Waals surface area contributed by atoms with Crippen LogP contribution in [0.4, 0.5) is 11.4 Å². The molecule has 1 saturated heterocycles. The Balaban J connectivity index is 1.66. The van der Waals surface area contributed by atoms with E-state index in [9.17, 15) is 9.59 Å². The summed E-state index contributed by atoms with van der Waals surface area (Å²) in [5, 5.41) is 2.87. The highest BCUT2D eigenvalue weighted by molar-refractivity contribution is 6.05. The van der Waals surface area contributed by atoms with Crippen molar-refractivity contribution in [2.24, 2.45) is 0 Å². The fraction of sp³-hybridized carbons (Fsp3) is 0.333. The lowest BCUT2D eigenvalue weighted by atomic mass is 10.1. The number of carbonyl (C=O) groups is 2. The zero-order valence-corrected chi connectivity index (χ0v) is 15.9. The summed E-state index contributed by atoms with van der Waals surface area (Å²) in [5.74, 6) is -0.193. The maximum absolute atomic E-state index is 12.6. The maximum Gasteiger partial charge on any atom is 0.255 e. The minimum Gasteiger partial charge on any atom is -0.378 e. The number of hydrogen-bond acceptors (Lipinski definition) is 4. The average molecular weight is 367 g/mol. The van der Waals surface area contributed by atoms with Crippen molar-refractivity contribution in [1.82, 2.24) is 4.90 Å². The van der Waals surface area contributed by atoms with Crippen LogP contribution in [0, 0.1) is 0 Å². The van der Waals surface area contributed by atoms with E-state index >= 15 is 0 Å². The molecule has 2 aromatic carbocycles. The first kappa shape index (κ1) is 18.9. The predicted molar refractivity (Wildman–Crippen MR) is 106 cm³/mol. The molecule has 1 heterocycles. The molecule has 0 aliphatic carbocycles. The second-order valence-corrected chi connectivity index (χ2v) is 6.91. The molecule has 6 nitrogen and oxygen atoms in total. The average Bonchev–Trinajstić information content (AvgIpc) is 2.68. The molecule has 0 radical (unpaired) electrons. The van der Waals surface area contributed by atoms with Crippen molar-refractivity contribution < 1.29 is 14.3 Å². The highest BCUT2D eigenvalue weighted by Crippen LogP contribution is 2.17. The molecule has 0 spiro atoms. The van der Waals surface area contributed by atoms with Gasteiger partial charge in [0.2, 0.25) is 0 Å². The van der Waals surface area contributed by atoms with Crippen LogP contribution in [0.5, 0.6) is 0 Å². The summed E-state index contributed by atoms with van der Waals surface area (Å²) < 4.78 is 5.48. The lowest BCUT2D eigenvalue weighted by Gasteiger charge is -2.31. The summed E-state index contributed by atoms with van der Waals surface area (Å²) in [4.78, 5) is 28.8. The van der Waals surface area contributed by atoms with Gasteiger partial charge in [0.15, 0.2) is 0 Å². The van der Waals surface area contributed by atoms with Crippen LogP contribution in [0.15, 0.2) is 48.5 Å². The Labute approximate surface area is 159 Å². The number of nitrogens with zero attached hydrogens (tertiary/aromatic N) is 2. The van der Waals surface area contributed by atoms with Crippen molar-refractivity contribution in [3.05, 3.63) is 59.7 Å². The molecule has 6 heteroatoms. The number of benzene rings is 2. The third-order valence-corrected chi connectivity index (χ3v) is 4.54. The number of morpholine rings is 1. The Bertz CT molecular complexity index is 818. The van der Waals surface area contributed by atoms with Gasteiger partial charge in [-0.3, -0.25) is 9.59 Å². The van der Waals surface area contributed by atoms with Crippen molar-refractivity contribution in [2.75, 3.05) is 44.0 Å². The summed E-state index contributed by atoms with van der Waals surface area (Å²) in [6.07, 6.45) is 0.0548. The summed E-state index contributed by atoms with van der Waals surface area (Å²) in [6, 6.07) is 14.4. The molecule has 1 fully saturated rings. The van der Waals surface area contributed by atoms with Gasteiger partial charge in [-0.2, -0.15) is 0 Å². The first-order chi connectivity index (χ1) is 12.9. The van der Waals surface area contributed by atoms with Crippen LogP contribution in [0.25, 0.3) is 0 Å². The zero-order valence-electron chi connectivity index (χ0n) is 15.9. The Morgan fingerprint density at radius 2 is 1.85 bits per heavy atom. The van der Waals surface area contributed by atoms with Crippen molar-refractivity contribution in [3.63, 3.8) is 0 Å². The number of anilines is 2. The molecule has 1 unspecified atom stereocenters. The van der Waals surface area contributed by atoms with Gasteiger partial charge in [-0.15, -0.1) is 0 Å². The molecule has 0 saturated carbocycles. The largest absolute Gasteiger partial charge is 0.378 e. The third-order valence-electron chi connectivity index (χ3n) is 4.54. The van der Waals surface area contributed by atoms with Gasteiger partial charge < -0.3 is 19.9 Å². The highest BCUT2D eigenvalue weighted by atomic mass is 16.5. The van der Waals surface area contributed by atoms with E-state index in [4.69, 9.17) is 4.74 Å². The van der Waals surface area contributed by atoms with Gasteiger partial charge in [0, 0.05) is 49.7 Å². The minimum atomic E-state index is -0.181. The van der Waals surface area contributed by atoms with E-state index in [0.29, 0.717) is 36.5 Å². The molecule has 0 aromatic heterocycles. The number of hydrogen-bond donors (Lipinski definition) is 1. The minimum absolute atomic E-state index is 0.0123. The highest BCUT2D eigenvalue weighted by Gasteiger charge is 2.22. The molecule has 1 N–H and O–H groups in total. The second kappa shape index (κ2) is 8.22. The van der Waals surface area contributed by atoms with E-state index in [0.717, 1.165) is 5.69 Å². The molecule has 1 atom stereocenters. The van der Waals surface area contributed by atoms with Crippen molar-refractivity contribution in [2.45, 2.75) is 13.0 Å². The second-order valence-electron chi connectivity index (χ2n) is 6.91. The number of carbonyl (C=O) groups excluding carboxylic acids is 2. The zero-order chi connectivity index (χ0) is 19.4. The number of nitrogens with one attached hydrogen (secondary N) is 1. The van der Waals surface area contributed by atoms with Crippen LogP contribution in [0.2, 0.25) is 0 Å². The molecule has 1 aliphatic rings. The van der Waals surface area contributed by atoms with Crippen molar-refractivity contribution in [1.29, 1.82) is 0 Å². The first-order valence-electron chi connectivity index (χ1n) is 9.04. The van der Waals surface area contributed by atoms with E-state index < -0.39 is 0 Å². The Hall–Kier alpha value is -2.86. The van der Waals surface area contributed by atoms with Crippen molar-refractivity contribution >= 4 is 23.2 Å². The van der Waals surface area contributed by atoms with E-state index in [1.807, 2.05) is 44.1 Å². The Morgan fingerprint density at radius 3 is 2.52 bits per heavy atom. The molecule has 3 rings (SSSR count). The van der Waals surface area contributed by atoms with Gasteiger partial charge in [-0.1, -0.05) is 6.07 Å². The molecule has 0 bridgehead atoms. The molecular formula is C21H25N3O3. The molecule has 2 aromatic rings. The summed E-state index contributed by atoms with van der Waals surface area (Å²) in [7, 11) is 3.87. The molecule has 1 aliphatic heterocycles. The van der Waals surface area contributed by atoms with Gasteiger partial charge in [0.25, 0.3) is 11.8 Å². The fourth-order valence-corrected chi connectivity index (χ4v) is 3.01. The lowest BCUT2D eigenvalue weighted by Crippen LogP contribution is -2.44. The number of ether oxygens (including phenoxy) is 1. The Morgan fingerprint density at radius 1 is 1.11 bits per heavy atom. The van der Waals surface area contributed by atoms with Crippen LogP contribution < -0.4 is 10.2 Å². The van der Waals surface area contributed by atoms with Gasteiger partial charge >= 0.3 is 0 Å². The third kappa shape index (κ3) is 4.65. The topological polar surface area (TPSA) is 61.9 Å². The summed E-state index contributed by atoms with van der Waals surface area (Å²) >= 11 is 0. The van der Waals surface area contributed by atoms with Crippen LogP contribution >= 0.6 is 0 Å². The van der Waals surface area contributed by atoms with Gasteiger partial charge in [0.05, 0.1) is 12.7 Å². The van der Waals surface area contributed by atoms with Crippen LogP contribution in [-0.2, 0) is 4.74 Å². The monoisotopic (exact) mass is 367 g/mol. The SMILES string of the molecule is CC1CN(C(=O)c2ccc(NC(=O)c3cccc(N(C)C)c3)cc2)CCO1. The van der Waals surface area contributed by atoms with E-state index in [1.54, 1.807) is 35.2 Å². The molecule has 27 heavy (non-hydrogen) atoms. The van der Waals surface area contributed by atoms with E-state index in [2.05, 4.69) is 5.32 Å². The fourth-order valence-electron chi connectivity index (χ4n) is 3.01. The standard InChI is InChI=1S/C21H25N3O3/c1-15-14-24(11-12-27-15)21(26)16-7-9-18(10-8-16)22-20(25)17-5-4-6-19(13-17)23(2)3/h4-10,13,15H,11-12,14H2,1-3H3,(H,22,25). The van der Waals surface area contributed by atoms with Crippen molar-refractivity contribution in [3.8, 4) is 0 Å². The number of amides is 2. The van der Waals surface area contributed by atoms with Gasteiger partial charge in [0.1, 0.15) is 0 Å². The Kier molecular flexibility index (Phi) is 5.76. The summed E-state index contributed by atoms with van der Waals surface area (Å²) in [5.41, 5.74) is 2.81. The van der Waals surface area contributed by atoms with Crippen LogP contribution in [0.1, 0.15) is 27.6 Å².